The molecule has 0 spiro atoms. The standard InChI is InChI=1S/C40H66O2Si2.4CH3.2Ti/c1-22-16-23(2)37(24(22)3)43-33-20-31(39(8,9)10)18-29(35(33)41)17-30-19-32(40(11,12)13)21-34(36(30)42)44(14,15)38-27(6)25(4)26(5)28(38)7;;;;;;/h18-28,37-38,41-42H,16-17,43H2,1-15H3;4*1H3;;/q;4*-1;2*+2. The zero-order valence-corrected chi connectivity index (χ0v) is 41.6. The zero-order valence-electron chi connectivity index (χ0n) is 36.0. The topological polar surface area (TPSA) is 40.5 Å². The minimum atomic E-state index is -2.08. The van der Waals surface area contributed by atoms with Crippen LogP contribution in [0.15, 0.2) is 24.3 Å². The number of phenols is 2. The van der Waals surface area contributed by atoms with E-state index in [4.69, 9.17) is 0 Å². The van der Waals surface area contributed by atoms with Crippen LogP contribution in [0.2, 0.25) is 24.2 Å². The molecular formula is C44H78O2Si2Ti2. The normalized spacial score (nSPS) is 28.0. The summed E-state index contributed by atoms with van der Waals surface area (Å²) >= 11 is 0. The summed E-state index contributed by atoms with van der Waals surface area (Å²) in [6.45, 7) is 35.8. The van der Waals surface area contributed by atoms with Crippen molar-refractivity contribution in [2.45, 2.75) is 138 Å². The summed E-state index contributed by atoms with van der Waals surface area (Å²) in [4.78, 5) is 0. The molecule has 2 aromatic rings. The Kier molecular flexibility index (Phi) is 21.1. The summed E-state index contributed by atoms with van der Waals surface area (Å²) < 4.78 is 0. The Balaban J connectivity index is -0.00000368. The monoisotopic (exact) mass is 790 g/mol. The van der Waals surface area contributed by atoms with E-state index >= 15 is 0 Å². The van der Waals surface area contributed by atoms with E-state index in [9.17, 15) is 10.2 Å². The first-order valence-electron chi connectivity index (χ1n) is 17.8. The van der Waals surface area contributed by atoms with Crippen LogP contribution < -0.4 is 10.4 Å². The molecule has 2 N–H and O–H groups in total. The van der Waals surface area contributed by atoms with Crippen LogP contribution in [0.25, 0.3) is 0 Å². The maximum atomic E-state index is 12.2. The molecule has 0 aromatic heterocycles. The maximum absolute atomic E-state index is 12.2. The average Bonchev–Trinajstić information content (AvgIpc) is 3.25. The fourth-order valence-corrected chi connectivity index (χ4v) is 17.2. The quantitative estimate of drug-likeness (QED) is 0.226. The first-order chi connectivity index (χ1) is 20.1. The summed E-state index contributed by atoms with van der Waals surface area (Å²) in [6, 6.07) is 9.20. The van der Waals surface area contributed by atoms with E-state index in [-0.39, 0.29) is 84.0 Å². The molecule has 282 valence electrons. The molecule has 50 heavy (non-hydrogen) atoms. The zero-order chi connectivity index (χ0) is 33.3. The van der Waals surface area contributed by atoms with Gasteiger partial charge in [0.15, 0.2) is 0 Å². The Bertz CT molecular complexity index is 1350. The molecule has 2 fully saturated rings. The Hall–Kier alpha value is -0.0977. The van der Waals surface area contributed by atoms with Crippen molar-refractivity contribution in [1.29, 1.82) is 0 Å². The summed E-state index contributed by atoms with van der Waals surface area (Å²) in [7, 11) is -2.77. The number of rotatable bonds is 6. The summed E-state index contributed by atoms with van der Waals surface area (Å²) in [5.41, 5.74) is 5.86. The molecule has 4 rings (SSSR count). The van der Waals surface area contributed by atoms with E-state index in [1.54, 1.807) is 0 Å². The third-order valence-electron chi connectivity index (χ3n) is 13.2. The number of hydrogen-bond donors (Lipinski definition) is 2. The van der Waals surface area contributed by atoms with Crippen molar-refractivity contribution in [3.63, 3.8) is 0 Å². The molecule has 2 aromatic carbocycles. The predicted octanol–water partition coefficient (Wildman–Crippen LogP) is 10.8. The molecule has 0 aliphatic heterocycles. The summed E-state index contributed by atoms with van der Waals surface area (Å²) in [6.07, 6.45) is 1.87. The smallest absolute Gasteiger partial charge is 0.508 e. The summed E-state index contributed by atoms with van der Waals surface area (Å²) in [5.74, 6) is 5.87. The van der Waals surface area contributed by atoms with E-state index in [1.807, 2.05) is 0 Å². The van der Waals surface area contributed by atoms with Crippen LogP contribution in [0.3, 0.4) is 0 Å². The van der Waals surface area contributed by atoms with Gasteiger partial charge in [-0.15, -0.1) is 0 Å². The molecule has 2 aliphatic carbocycles. The Labute approximate surface area is 346 Å². The van der Waals surface area contributed by atoms with Crippen LogP contribution in [0.1, 0.15) is 119 Å². The minimum absolute atomic E-state index is 0. The third-order valence-corrected chi connectivity index (χ3v) is 20.7. The second-order valence-corrected chi connectivity index (χ2v) is 25.2. The van der Waals surface area contributed by atoms with Crippen molar-refractivity contribution in [2.75, 3.05) is 0 Å². The van der Waals surface area contributed by atoms with Gasteiger partial charge in [0.25, 0.3) is 0 Å². The van der Waals surface area contributed by atoms with Crippen molar-refractivity contribution in [3.05, 3.63) is 76.2 Å². The SMILES string of the molecule is CC1CC(C)C([SiH2]c2cc(C(C)(C)C)cc(Cc3cc(C(C)(C)C)cc([Si](C)(C)C4C(C)C(C)C(C)C4C)c3O)c2O)C1C.[CH3-].[CH3-].[CH3-].[CH3-].[Ti+2].[Ti+2]. The van der Waals surface area contributed by atoms with Gasteiger partial charge in [-0.25, -0.2) is 0 Å². The number of phenolic OH excluding ortho intramolecular Hbond substituents is 2. The fraction of sp³-hybridized carbons (Fsp3) is 0.636. The van der Waals surface area contributed by atoms with Gasteiger partial charge >= 0.3 is 43.4 Å². The Morgan fingerprint density at radius 2 is 1.04 bits per heavy atom. The molecule has 6 heteroatoms. The first-order valence-corrected chi connectivity index (χ1v) is 22.4. The van der Waals surface area contributed by atoms with Gasteiger partial charge < -0.3 is 39.9 Å². The third kappa shape index (κ3) is 10.6. The van der Waals surface area contributed by atoms with Crippen LogP contribution in [-0.4, -0.2) is 27.8 Å². The van der Waals surface area contributed by atoms with Gasteiger partial charge in [0, 0.05) is 6.42 Å². The Morgan fingerprint density at radius 3 is 1.44 bits per heavy atom. The molecule has 0 amide bonds. The molecule has 8 atom stereocenters. The van der Waals surface area contributed by atoms with E-state index in [1.165, 1.54) is 27.9 Å². The Morgan fingerprint density at radius 1 is 0.620 bits per heavy atom. The van der Waals surface area contributed by atoms with Gasteiger partial charge in [-0.05, 0) is 102 Å². The fourth-order valence-electron chi connectivity index (χ4n) is 9.58. The van der Waals surface area contributed by atoms with Gasteiger partial charge in [0.1, 0.15) is 11.5 Å². The second-order valence-electron chi connectivity index (χ2n) is 18.5. The molecule has 0 heterocycles. The van der Waals surface area contributed by atoms with Crippen molar-refractivity contribution in [2.24, 2.45) is 41.4 Å². The minimum Gasteiger partial charge on any atom is -0.508 e. The van der Waals surface area contributed by atoms with Crippen molar-refractivity contribution in [1.82, 2.24) is 0 Å². The van der Waals surface area contributed by atoms with E-state index in [0.717, 1.165) is 28.5 Å². The summed E-state index contributed by atoms with van der Waals surface area (Å²) in [5, 5.41) is 26.6. The van der Waals surface area contributed by atoms with Gasteiger partial charge in [0.05, 0.1) is 17.6 Å². The molecule has 0 bridgehead atoms. The van der Waals surface area contributed by atoms with Gasteiger partial charge in [-0.1, -0.05) is 127 Å². The van der Waals surface area contributed by atoms with E-state index in [2.05, 4.69) is 127 Å². The first kappa shape index (κ1) is 54.2. The van der Waals surface area contributed by atoms with E-state index < -0.39 is 17.6 Å². The average molecular weight is 791 g/mol. The van der Waals surface area contributed by atoms with Crippen LogP contribution in [0, 0.1) is 71.1 Å². The van der Waals surface area contributed by atoms with Crippen LogP contribution in [0.4, 0.5) is 0 Å². The van der Waals surface area contributed by atoms with Crippen molar-refractivity contribution >= 4 is 28.0 Å². The molecule has 0 saturated heterocycles. The maximum Gasteiger partial charge on any atom is 2.00 e. The van der Waals surface area contributed by atoms with Crippen LogP contribution >= 0.6 is 0 Å². The van der Waals surface area contributed by atoms with E-state index in [0.29, 0.717) is 53.1 Å². The molecule has 2 aliphatic rings. The number of benzene rings is 2. The van der Waals surface area contributed by atoms with Crippen molar-refractivity contribution in [3.8, 4) is 11.5 Å². The second kappa shape index (κ2) is 19.5. The van der Waals surface area contributed by atoms with Gasteiger partial charge in [-0.3, -0.25) is 0 Å². The van der Waals surface area contributed by atoms with Gasteiger partial charge in [-0.2, -0.15) is 0 Å². The van der Waals surface area contributed by atoms with Crippen molar-refractivity contribution < 1.29 is 53.6 Å². The van der Waals surface area contributed by atoms with Crippen LogP contribution in [-0.2, 0) is 60.7 Å². The molecule has 8 unspecified atom stereocenters. The van der Waals surface area contributed by atoms with Crippen LogP contribution in [0.5, 0.6) is 11.5 Å². The number of hydrogen-bond acceptors (Lipinski definition) is 2. The van der Waals surface area contributed by atoms with Gasteiger partial charge in [0.2, 0.25) is 0 Å². The molecule has 2 saturated carbocycles. The largest absolute Gasteiger partial charge is 2.00 e. The number of aromatic hydroxyl groups is 2. The predicted molar refractivity (Wildman–Crippen MR) is 224 cm³/mol. The molecular weight excluding hydrogens is 712 g/mol. The molecule has 0 radical (unpaired) electrons. The molecule has 2 nitrogen and oxygen atoms in total.